The molecule has 3 heterocycles. The number of halogens is 2. The smallest absolute Gasteiger partial charge is 0.285 e. The van der Waals surface area contributed by atoms with E-state index in [1.54, 1.807) is 37.3 Å². The van der Waals surface area contributed by atoms with Crippen LogP contribution in [0.3, 0.4) is 0 Å². The number of pyridine rings is 1. The van der Waals surface area contributed by atoms with E-state index in [1.165, 1.54) is 13.2 Å². The van der Waals surface area contributed by atoms with E-state index < -0.39 is 5.56 Å². The molecule has 176 valence electrons. The fraction of sp³-hybridized carbons (Fsp3) is 0.182. The maximum absolute atomic E-state index is 12.4. The first-order chi connectivity index (χ1) is 16.3. The van der Waals surface area contributed by atoms with E-state index in [4.69, 9.17) is 33.1 Å². The van der Waals surface area contributed by atoms with Gasteiger partial charge in [0.05, 0.1) is 28.0 Å². The highest BCUT2D eigenvalue weighted by Crippen LogP contribution is 2.37. The summed E-state index contributed by atoms with van der Waals surface area (Å²) in [5.74, 6) is -0.249. The normalized spacial score (nSPS) is 11.0. The van der Waals surface area contributed by atoms with Crippen LogP contribution in [-0.4, -0.2) is 51.0 Å². The second-order valence-corrected chi connectivity index (χ2v) is 8.02. The van der Waals surface area contributed by atoms with Gasteiger partial charge in [-0.25, -0.2) is 4.98 Å². The fourth-order valence-corrected chi connectivity index (χ4v) is 4.01. The number of carbonyl (C=O) groups excluding carboxylic acids is 1. The van der Waals surface area contributed by atoms with Crippen LogP contribution in [0.5, 0.6) is 0 Å². The van der Waals surface area contributed by atoms with Crippen LogP contribution in [0.2, 0.25) is 10.0 Å². The summed E-state index contributed by atoms with van der Waals surface area (Å²) in [6, 6.07) is 9.59. The molecule has 0 saturated heterocycles. The van der Waals surface area contributed by atoms with Crippen molar-refractivity contribution in [1.29, 1.82) is 0 Å². The van der Waals surface area contributed by atoms with E-state index in [1.807, 2.05) is 0 Å². The van der Waals surface area contributed by atoms with Gasteiger partial charge in [-0.2, -0.15) is 4.98 Å². The van der Waals surface area contributed by atoms with Gasteiger partial charge in [0.15, 0.2) is 5.65 Å². The van der Waals surface area contributed by atoms with Crippen molar-refractivity contribution < 1.29 is 14.7 Å². The standard InChI is InChI=1S/C22H20Cl2N6O4/c1-11-15(10-16(26-11)21(33)25-8-9-31)27-22-28-19(18-13(23)4-3-5-14(18)24)12-6-7-17(32)30(34-2)20(12)29-22/h3-7,10,26,31H,8-9H2,1-2H3,(H,25,33)(H,27,28,29). The number of hydrogen-bond acceptors (Lipinski definition) is 7. The number of fused-ring (bicyclic) bond motifs is 1. The van der Waals surface area contributed by atoms with Gasteiger partial charge in [0.2, 0.25) is 5.95 Å². The van der Waals surface area contributed by atoms with Gasteiger partial charge in [-0.3, -0.25) is 9.59 Å². The molecule has 0 unspecified atom stereocenters. The number of anilines is 2. The number of aromatic nitrogens is 4. The van der Waals surface area contributed by atoms with Gasteiger partial charge in [0, 0.05) is 29.3 Å². The van der Waals surface area contributed by atoms with Crippen LogP contribution in [0.4, 0.5) is 11.6 Å². The van der Waals surface area contributed by atoms with Gasteiger partial charge >= 0.3 is 0 Å². The maximum Gasteiger partial charge on any atom is 0.285 e. The molecule has 0 aliphatic heterocycles. The van der Waals surface area contributed by atoms with Crippen molar-refractivity contribution >= 4 is 51.8 Å². The summed E-state index contributed by atoms with van der Waals surface area (Å²) in [7, 11) is 1.35. The third-order valence-corrected chi connectivity index (χ3v) is 5.63. The average molecular weight is 503 g/mol. The van der Waals surface area contributed by atoms with Crippen LogP contribution < -0.4 is 21.0 Å². The number of aliphatic hydroxyl groups excluding tert-OH is 1. The van der Waals surface area contributed by atoms with Crippen molar-refractivity contribution in [2.75, 3.05) is 25.6 Å². The van der Waals surface area contributed by atoms with Crippen molar-refractivity contribution in [2.45, 2.75) is 6.92 Å². The monoisotopic (exact) mass is 502 g/mol. The number of nitrogens with zero attached hydrogens (tertiary/aromatic N) is 3. The SMILES string of the molecule is COn1c(=O)ccc2c(-c3c(Cl)cccc3Cl)nc(Nc3cc(C(=O)NCCO)[nH]c3C)nc21. The van der Waals surface area contributed by atoms with Crippen molar-refractivity contribution in [1.82, 2.24) is 25.0 Å². The number of rotatable bonds is 7. The zero-order valence-electron chi connectivity index (χ0n) is 18.1. The lowest BCUT2D eigenvalue weighted by atomic mass is 10.1. The number of benzene rings is 1. The summed E-state index contributed by atoms with van der Waals surface area (Å²) in [5.41, 5.74) is 2.11. The molecule has 4 rings (SSSR count). The minimum absolute atomic E-state index is 0.124. The van der Waals surface area contributed by atoms with Crippen LogP contribution in [0, 0.1) is 6.92 Å². The number of amides is 1. The van der Waals surface area contributed by atoms with E-state index in [-0.39, 0.29) is 36.3 Å². The first-order valence-electron chi connectivity index (χ1n) is 10.1. The molecule has 0 atom stereocenters. The molecule has 1 amide bonds. The molecule has 0 aliphatic rings. The Morgan fingerprint density at radius 3 is 2.62 bits per heavy atom. The van der Waals surface area contributed by atoms with E-state index >= 15 is 0 Å². The van der Waals surface area contributed by atoms with Crippen molar-refractivity contribution in [3.8, 4) is 11.3 Å². The first-order valence-corrected chi connectivity index (χ1v) is 10.9. The molecule has 3 aromatic heterocycles. The van der Waals surface area contributed by atoms with Crippen molar-refractivity contribution in [3.63, 3.8) is 0 Å². The lowest BCUT2D eigenvalue weighted by Crippen LogP contribution is -2.26. The Morgan fingerprint density at radius 2 is 1.94 bits per heavy atom. The topological polar surface area (TPSA) is 134 Å². The summed E-state index contributed by atoms with van der Waals surface area (Å²) in [6.45, 7) is 1.73. The first kappa shape index (κ1) is 23.6. The second-order valence-electron chi connectivity index (χ2n) is 7.20. The molecular formula is C22H20Cl2N6O4. The summed E-state index contributed by atoms with van der Waals surface area (Å²) >= 11 is 12.9. The van der Waals surface area contributed by atoms with Gasteiger partial charge in [0.1, 0.15) is 12.8 Å². The average Bonchev–Trinajstić information content (AvgIpc) is 3.17. The Balaban J connectivity index is 1.87. The van der Waals surface area contributed by atoms with E-state index in [0.29, 0.717) is 38.1 Å². The van der Waals surface area contributed by atoms with Gasteiger partial charge in [0.25, 0.3) is 11.5 Å². The predicted octanol–water partition coefficient (Wildman–Crippen LogP) is 2.93. The molecule has 0 saturated carbocycles. The quantitative estimate of drug-likeness (QED) is 0.305. The summed E-state index contributed by atoms with van der Waals surface area (Å²) < 4.78 is 1.04. The third kappa shape index (κ3) is 4.43. The second kappa shape index (κ2) is 9.72. The minimum Gasteiger partial charge on any atom is -0.412 e. The van der Waals surface area contributed by atoms with Crippen LogP contribution in [-0.2, 0) is 0 Å². The maximum atomic E-state index is 12.4. The van der Waals surface area contributed by atoms with E-state index in [2.05, 4.69) is 25.6 Å². The fourth-order valence-electron chi connectivity index (χ4n) is 3.43. The third-order valence-electron chi connectivity index (χ3n) is 5.00. The summed E-state index contributed by atoms with van der Waals surface area (Å²) in [5, 5.41) is 15.8. The number of nitrogens with one attached hydrogen (secondary N) is 3. The molecule has 12 heteroatoms. The van der Waals surface area contributed by atoms with Gasteiger partial charge in [-0.15, -0.1) is 4.73 Å². The molecule has 0 radical (unpaired) electrons. The molecule has 0 spiro atoms. The Kier molecular flexibility index (Phi) is 6.73. The number of aryl methyl sites for hydroxylation is 1. The van der Waals surface area contributed by atoms with E-state index in [9.17, 15) is 9.59 Å². The van der Waals surface area contributed by atoms with Crippen LogP contribution in [0.25, 0.3) is 22.3 Å². The largest absolute Gasteiger partial charge is 0.412 e. The van der Waals surface area contributed by atoms with E-state index in [0.717, 1.165) is 4.73 Å². The Bertz CT molecular complexity index is 1430. The zero-order chi connectivity index (χ0) is 24.4. The van der Waals surface area contributed by atoms with Gasteiger partial charge < -0.3 is 25.6 Å². The summed E-state index contributed by atoms with van der Waals surface area (Å²) in [6.07, 6.45) is 0. The number of aliphatic hydroxyl groups is 1. The number of hydrogen-bond donors (Lipinski definition) is 4. The molecule has 0 aliphatic carbocycles. The minimum atomic E-state index is -0.420. The number of aromatic amines is 1. The zero-order valence-corrected chi connectivity index (χ0v) is 19.7. The number of H-pyrrole nitrogens is 1. The number of carbonyl (C=O) groups is 1. The molecule has 0 fully saturated rings. The molecule has 34 heavy (non-hydrogen) atoms. The molecule has 4 N–H and O–H groups in total. The Hall–Kier alpha value is -3.60. The lowest BCUT2D eigenvalue weighted by Gasteiger charge is -2.14. The molecule has 10 nitrogen and oxygen atoms in total. The Morgan fingerprint density at radius 1 is 1.21 bits per heavy atom. The molecule has 1 aromatic carbocycles. The van der Waals surface area contributed by atoms with Crippen molar-refractivity contribution in [2.24, 2.45) is 0 Å². The molecule has 0 bridgehead atoms. The lowest BCUT2D eigenvalue weighted by molar-refractivity contribution is 0.0940. The van der Waals surface area contributed by atoms with Crippen LogP contribution >= 0.6 is 23.2 Å². The molecule has 4 aromatic rings. The van der Waals surface area contributed by atoms with Gasteiger partial charge in [-0.1, -0.05) is 29.3 Å². The highest BCUT2D eigenvalue weighted by Gasteiger charge is 2.20. The summed E-state index contributed by atoms with van der Waals surface area (Å²) in [4.78, 5) is 41.9. The van der Waals surface area contributed by atoms with Crippen molar-refractivity contribution in [3.05, 3.63) is 68.2 Å². The highest BCUT2D eigenvalue weighted by atomic mass is 35.5. The Labute approximate surface area is 203 Å². The predicted molar refractivity (Wildman–Crippen MR) is 130 cm³/mol. The van der Waals surface area contributed by atoms with Crippen LogP contribution in [0.1, 0.15) is 16.2 Å². The molecular weight excluding hydrogens is 483 g/mol. The van der Waals surface area contributed by atoms with Crippen LogP contribution in [0.15, 0.2) is 41.2 Å². The van der Waals surface area contributed by atoms with Gasteiger partial charge in [-0.05, 0) is 31.2 Å². The highest BCUT2D eigenvalue weighted by molar-refractivity contribution is 6.39.